The molecule has 0 radical (unpaired) electrons. The Morgan fingerprint density at radius 2 is 1.70 bits per heavy atom. The standard InChI is InChI=1S/C23H23NO5S/c25-12-18-20(26)21(27)22(28)23(29-18)24-11-14(16-6-2-3-7-17(16)24)10-15-9-13-5-1-4-8-19(13)30-15/h1-9,11,18,20-23,25-28H,10,12H2/t18-,20-,21+,22-,23?/m1/s1. The van der Waals surface area contributed by atoms with Crippen LogP contribution in [0.15, 0.2) is 60.8 Å². The molecule has 1 saturated heterocycles. The second kappa shape index (κ2) is 7.77. The zero-order chi connectivity index (χ0) is 20.8. The van der Waals surface area contributed by atoms with Crippen LogP contribution in [-0.2, 0) is 11.2 Å². The first-order valence-corrected chi connectivity index (χ1v) is 10.7. The SMILES string of the molecule is OC[C@H]1OC(n2cc(Cc3cc4ccccc4s3)c3ccccc32)[C@H](O)[C@@H](O)[C@@H]1O. The van der Waals surface area contributed by atoms with Gasteiger partial charge in [0, 0.05) is 27.6 Å². The quantitative estimate of drug-likeness (QED) is 0.403. The van der Waals surface area contributed by atoms with E-state index < -0.39 is 37.3 Å². The third-order valence-corrected chi connectivity index (χ3v) is 6.92. The first-order chi connectivity index (χ1) is 14.6. The highest BCUT2D eigenvalue weighted by molar-refractivity contribution is 7.19. The Morgan fingerprint density at radius 3 is 2.50 bits per heavy atom. The lowest BCUT2D eigenvalue weighted by Gasteiger charge is -2.40. The molecule has 0 bridgehead atoms. The van der Waals surface area contributed by atoms with Crippen LogP contribution in [0.4, 0.5) is 0 Å². The molecule has 7 heteroatoms. The molecule has 0 spiro atoms. The van der Waals surface area contributed by atoms with Gasteiger partial charge in [0.05, 0.1) is 12.1 Å². The normalized spacial score (nSPS) is 27.1. The van der Waals surface area contributed by atoms with Crippen molar-refractivity contribution in [3.05, 3.63) is 71.2 Å². The fraction of sp³-hybridized carbons (Fsp3) is 0.304. The molecule has 2 aromatic heterocycles. The van der Waals surface area contributed by atoms with Crippen LogP contribution in [-0.4, -0.2) is 56.0 Å². The van der Waals surface area contributed by atoms with E-state index in [1.807, 2.05) is 42.6 Å². The first kappa shape index (κ1) is 19.7. The summed E-state index contributed by atoms with van der Waals surface area (Å²) in [6.45, 7) is -0.449. The van der Waals surface area contributed by atoms with Gasteiger partial charge in [-0.25, -0.2) is 0 Å². The average molecular weight is 426 g/mol. The summed E-state index contributed by atoms with van der Waals surface area (Å²) in [7, 11) is 0. The van der Waals surface area contributed by atoms with Gasteiger partial charge in [0.2, 0.25) is 0 Å². The second-order valence-corrected chi connectivity index (χ2v) is 8.89. The molecule has 0 saturated carbocycles. The van der Waals surface area contributed by atoms with Gasteiger partial charge in [0.15, 0.2) is 6.23 Å². The molecular weight excluding hydrogens is 402 g/mol. The minimum absolute atomic E-state index is 0.449. The molecule has 5 atom stereocenters. The summed E-state index contributed by atoms with van der Waals surface area (Å²) >= 11 is 1.75. The third kappa shape index (κ3) is 3.24. The summed E-state index contributed by atoms with van der Waals surface area (Å²) in [4.78, 5) is 1.23. The predicted molar refractivity (Wildman–Crippen MR) is 116 cm³/mol. The van der Waals surface area contributed by atoms with Gasteiger partial charge in [-0.05, 0) is 29.1 Å². The number of nitrogens with zero attached hydrogens (tertiary/aromatic N) is 1. The van der Waals surface area contributed by atoms with Crippen LogP contribution < -0.4 is 0 Å². The number of aliphatic hydroxyl groups is 4. The molecule has 5 rings (SSSR count). The summed E-state index contributed by atoms with van der Waals surface area (Å²) in [5, 5.41) is 42.7. The van der Waals surface area contributed by atoms with E-state index in [1.165, 1.54) is 15.0 Å². The highest BCUT2D eigenvalue weighted by atomic mass is 32.1. The zero-order valence-electron chi connectivity index (χ0n) is 16.1. The fourth-order valence-corrected chi connectivity index (χ4v) is 5.34. The van der Waals surface area contributed by atoms with Crippen LogP contribution in [0.25, 0.3) is 21.0 Å². The molecule has 156 valence electrons. The van der Waals surface area contributed by atoms with E-state index in [1.54, 1.807) is 15.9 Å². The van der Waals surface area contributed by atoms with Crippen molar-refractivity contribution in [2.75, 3.05) is 6.61 Å². The monoisotopic (exact) mass is 425 g/mol. The fourth-order valence-electron chi connectivity index (χ4n) is 4.25. The maximum atomic E-state index is 10.6. The van der Waals surface area contributed by atoms with Crippen LogP contribution in [0.1, 0.15) is 16.7 Å². The van der Waals surface area contributed by atoms with Crippen LogP contribution in [0.2, 0.25) is 0 Å². The molecule has 4 N–H and O–H groups in total. The Kier molecular flexibility index (Phi) is 5.10. The third-order valence-electron chi connectivity index (χ3n) is 5.81. The summed E-state index contributed by atoms with van der Waals surface area (Å²) < 4.78 is 8.82. The van der Waals surface area contributed by atoms with Crippen molar-refractivity contribution in [1.82, 2.24) is 4.57 Å². The van der Waals surface area contributed by atoms with Gasteiger partial charge in [0.25, 0.3) is 0 Å². The van der Waals surface area contributed by atoms with E-state index >= 15 is 0 Å². The van der Waals surface area contributed by atoms with E-state index in [9.17, 15) is 20.4 Å². The molecule has 30 heavy (non-hydrogen) atoms. The summed E-state index contributed by atoms with van der Waals surface area (Å²) in [6.07, 6.45) is -3.31. The Labute approximate surface area is 177 Å². The van der Waals surface area contributed by atoms with Crippen molar-refractivity contribution in [2.24, 2.45) is 0 Å². The molecule has 4 aromatic rings. The minimum Gasteiger partial charge on any atom is -0.394 e. The maximum Gasteiger partial charge on any atom is 0.163 e. The number of rotatable bonds is 4. The number of fused-ring (bicyclic) bond motifs is 2. The Hall–Kier alpha value is -2.26. The van der Waals surface area contributed by atoms with E-state index in [0.717, 1.165) is 22.9 Å². The van der Waals surface area contributed by atoms with Crippen molar-refractivity contribution in [3.8, 4) is 0 Å². The number of aliphatic hydroxyl groups excluding tert-OH is 4. The molecule has 6 nitrogen and oxygen atoms in total. The number of hydrogen-bond acceptors (Lipinski definition) is 6. The Morgan fingerprint density at radius 1 is 0.933 bits per heavy atom. The van der Waals surface area contributed by atoms with E-state index in [-0.39, 0.29) is 0 Å². The molecule has 1 aliphatic rings. The van der Waals surface area contributed by atoms with Gasteiger partial charge in [-0.1, -0.05) is 36.4 Å². The lowest BCUT2D eigenvalue weighted by atomic mass is 9.98. The summed E-state index contributed by atoms with van der Waals surface area (Å²) in [5.41, 5.74) is 1.94. The molecule has 1 aliphatic heterocycles. The number of aromatic nitrogens is 1. The summed E-state index contributed by atoms with van der Waals surface area (Å²) in [5.74, 6) is 0. The van der Waals surface area contributed by atoms with Gasteiger partial charge in [-0.3, -0.25) is 0 Å². The van der Waals surface area contributed by atoms with Crippen molar-refractivity contribution in [1.29, 1.82) is 0 Å². The first-order valence-electron chi connectivity index (χ1n) is 9.93. The van der Waals surface area contributed by atoms with Gasteiger partial charge >= 0.3 is 0 Å². The van der Waals surface area contributed by atoms with Crippen LogP contribution in [0.5, 0.6) is 0 Å². The van der Waals surface area contributed by atoms with Gasteiger partial charge in [0.1, 0.15) is 24.4 Å². The molecule has 1 unspecified atom stereocenters. The molecule has 0 amide bonds. The van der Waals surface area contributed by atoms with Crippen LogP contribution in [0, 0.1) is 0 Å². The van der Waals surface area contributed by atoms with Gasteiger partial charge in [-0.15, -0.1) is 11.3 Å². The predicted octanol–water partition coefficient (Wildman–Crippen LogP) is 2.42. The highest BCUT2D eigenvalue weighted by Gasteiger charge is 2.44. The second-order valence-electron chi connectivity index (χ2n) is 7.73. The molecule has 3 heterocycles. The molecule has 2 aromatic carbocycles. The summed E-state index contributed by atoms with van der Waals surface area (Å²) in [6, 6.07) is 18.3. The molecule has 1 fully saturated rings. The van der Waals surface area contributed by atoms with Gasteiger partial charge < -0.3 is 29.7 Å². The largest absolute Gasteiger partial charge is 0.394 e. The molecular formula is C23H23NO5S. The van der Waals surface area contributed by atoms with Crippen LogP contribution >= 0.6 is 11.3 Å². The topological polar surface area (TPSA) is 95.1 Å². The van der Waals surface area contributed by atoms with E-state index in [0.29, 0.717) is 0 Å². The number of ether oxygens (including phenoxy) is 1. The number of benzene rings is 2. The number of para-hydroxylation sites is 1. The van der Waals surface area contributed by atoms with E-state index in [4.69, 9.17) is 4.74 Å². The lowest BCUT2D eigenvalue weighted by molar-refractivity contribution is -0.250. The number of thiophene rings is 1. The van der Waals surface area contributed by atoms with Gasteiger partial charge in [-0.2, -0.15) is 0 Å². The van der Waals surface area contributed by atoms with Crippen molar-refractivity contribution in [3.63, 3.8) is 0 Å². The van der Waals surface area contributed by atoms with Crippen LogP contribution in [0.3, 0.4) is 0 Å². The minimum atomic E-state index is -1.41. The highest BCUT2D eigenvalue weighted by Crippen LogP contribution is 2.35. The zero-order valence-corrected chi connectivity index (χ0v) is 16.9. The smallest absolute Gasteiger partial charge is 0.163 e. The van der Waals surface area contributed by atoms with E-state index in [2.05, 4.69) is 18.2 Å². The Bertz CT molecular complexity index is 1150. The van der Waals surface area contributed by atoms with Crippen molar-refractivity contribution >= 4 is 32.3 Å². The van der Waals surface area contributed by atoms with Crippen molar-refractivity contribution in [2.45, 2.75) is 37.1 Å². The molecule has 0 aliphatic carbocycles. The average Bonchev–Trinajstić information content (AvgIpc) is 3.34. The Balaban J connectivity index is 1.55. The lowest BCUT2D eigenvalue weighted by Crippen LogP contribution is -2.56. The number of hydrogen-bond donors (Lipinski definition) is 4. The maximum absolute atomic E-state index is 10.6. The van der Waals surface area contributed by atoms with Crippen molar-refractivity contribution < 1.29 is 25.2 Å².